The maximum atomic E-state index is 12.6. The van der Waals surface area contributed by atoms with Crippen LogP contribution in [0.25, 0.3) is 22.0 Å². The number of amides is 1. The quantitative estimate of drug-likeness (QED) is 0.643. The molecule has 0 fully saturated rings. The van der Waals surface area contributed by atoms with Crippen LogP contribution < -0.4 is 10.9 Å². The zero-order valence-corrected chi connectivity index (χ0v) is 14.6. The van der Waals surface area contributed by atoms with Gasteiger partial charge in [-0.3, -0.25) is 14.4 Å². The standard InChI is InChI=1S/C19H17N3O5/c1-10(19(26)27)21-17(24)15-16(23)13-8-12(11-6-4-3-5-7-11)18(25)22(2)14(13)9-20-15/h3-10,23H,1-2H3,(H,21,24)(H,26,27). The van der Waals surface area contributed by atoms with Gasteiger partial charge < -0.3 is 20.1 Å². The highest BCUT2D eigenvalue weighted by Crippen LogP contribution is 2.29. The fourth-order valence-corrected chi connectivity index (χ4v) is 2.73. The Morgan fingerprint density at radius 1 is 1.22 bits per heavy atom. The predicted octanol–water partition coefficient (Wildman–Crippen LogP) is 1.51. The molecule has 8 heteroatoms. The van der Waals surface area contributed by atoms with Crippen molar-refractivity contribution in [3.05, 3.63) is 58.6 Å². The summed E-state index contributed by atoms with van der Waals surface area (Å²) in [7, 11) is 1.55. The number of aliphatic carboxylic acids is 1. The van der Waals surface area contributed by atoms with Crippen LogP contribution in [-0.2, 0) is 11.8 Å². The molecule has 0 saturated carbocycles. The number of rotatable bonds is 4. The molecular formula is C19H17N3O5. The highest BCUT2D eigenvalue weighted by atomic mass is 16.4. The number of fused-ring (bicyclic) bond motifs is 1. The van der Waals surface area contributed by atoms with E-state index in [2.05, 4.69) is 10.3 Å². The zero-order chi connectivity index (χ0) is 19.7. The first-order chi connectivity index (χ1) is 12.8. The molecule has 0 saturated heterocycles. The second-order valence-corrected chi connectivity index (χ2v) is 6.08. The summed E-state index contributed by atoms with van der Waals surface area (Å²) in [4.78, 5) is 39.7. The van der Waals surface area contributed by atoms with Gasteiger partial charge in [0, 0.05) is 18.0 Å². The molecule has 2 heterocycles. The molecule has 27 heavy (non-hydrogen) atoms. The van der Waals surface area contributed by atoms with Crippen LogP contribution in [0, 0.1) is 0 Å². The number of benzene rings is 1. The van der Waals surface area contributed by atoms with Crippen molar-refractivity contribution in [2.24, 2.45) is 7.05 Å². The number of hydrogen-bond acceptors (Lipinski definition) is 5. The summed E-state index contributed by atoms with van der Waals surface area (Å²) in [6.45, 7) is 1.30. The Hall–Kier alpha value is -3.68. The van der Waals surface area contributed by atoms with Gasteiger partial charge in [0.05, 0.1) is 11.7 Å². The Balaban J connectivity index is 2.18. The fourth-order valence-electron chi connectivity index (χ4n) is 2.73. The molecule has 3 rings (SSSR count). The van der Waals surface area contributed by atoms with Crippen LogP contribution in [0.4, 0.5) is 0 Å². The van der Waals surface area contributed by atoms with Crippen molar-refractivity contribution in [1.29, 1.82) is 0 Å². The normalized spacial score (nSPS) is 11.9. The lowest BCUT2D eigenvalue weighted by atomic mass is 10.0. The summed E-state index contributed by atoms with van der Waals surface area (Å²) in [5, 5.41) is 22.0. The van der Waals surface area contributed by atoms with Crippen molar-refractivity contribution in [1.82, 2.24) is 14.9 Å². The largest absolute Gasteiger partial charge is 0.505 e. The minimum Gasteiger partial charge on any atom is -0.505 e. The summed E-state index contributed by atoms with van der Waals surface area (Å²) in [6.07, 6.45) is 1.30. The van der Waals surface area contributed by atoms with Crippen molar-refractivity contribution in [2.75, 3.05) is 0 Å². The predicted molar refractivity (Wildman–Crippen MR) is 98.6 cm³/mol. The maximum absolute atomic E-state index is 12.6. The monoisotopic (exact) mass is 367 g/mol. The van der Waals surface area contributed by atoms with Crippen LogP contribution in [-0.4, -0.2) is 37.7 Å². The number of nitrogens with zero attached hydrogens (tertiary/aromatic N) is 2. The average Bonchev–Trinajstić information content (AvgIpc) is 2.65. The molecule has 8 nitrogen and oxygen atoms in total. The van der Waals surface area contributed by atoms with Gasteiger partial charge in [-0.15, -0.1) is 0 Å². The summed E-state index contributed by atoms with van der Waals surface area (Å²) >= 11 is 0. The average molecular weight is 367 g/mol. The third-order valence-corrected chi connectivity index (χ3v) is 4.27. The molecule has 1 amide bonds. The number of aromatic hydroxyl groups is 1. The van der Waals surface area contributed by atoms with Gasteiger partial charge in [-0.25, -0.2) is 4.98 Å². The molecule has 0 spiro atoms. The second kappa shape index (κ2) is 6.91. The van der Waals surface area contributed by atoms with E-state index in [0.717, 1.165) is 0 Å². The number of aromatic nitrogens is 2. The van der Waals surface area contributed by atoms with Gasteiger partial charge >= 0.3 is 5.97 Å². The topological polar surface area (TPSA) is 122 Å². The maximum Gasteiger partial charge on any atom is 0.325 e. The van der Waals surface area contributed by atoms with Crippen molar-refractivity contribution < 1.29 is 19.8 Å². The Kier molecular flexibility index (Phi) is 4.64. The summed E-state index contributed by atoms with van der Waals surface area (Å²) in [6, 6.07) is 9.29. The molecule has 3 aromatic rings. The number of carboxylic acids is 1. The van der Waals surface area contributed by atoms with Crippen LogP contribution in [0.3, 0.4) is 0 Å². The fraction of sp³-hybridized carbons (Fsp3) is 0.158. The van der Waals surface area contributed by atoms with Crippen LogP contribution >= 0.6 is 0 Å². The van der Waals surface area contributed by atoms with Crippen LogP contribution in [0.5, 0.6) is 5.75 Å². The van der Waals surface area contributed by atoms with Crippen LogP contribution in [0.15, 0.2) is 47.4 Å². The Labute approximate surface area is 153 Å². The third kappa shape index (κ3) is 3.24. The van der Waals surface area contributed by atoms with Crippen LogP contribution in [0.1, 0.15) is 17.4 Å². The number of aryl methyl sites for hydroxylation is 1. The minimum absolute atomic E-state index is 0.263. The molecule has 3 N–H and O–H groups in total. The van der Waals surface area contributed by atoms with E-state index in [1.807, 2.05) is 6.07 Å². The number of hydrogen-bond donors (Lipinski definition) is 3. The SMILES string of the molecule is CC(NC(=O)c1ncc2c(cc(-c3ccccc3)c(=O)n2C)c1O)C(=O)O. The Bertz CT molecular complexity index is 1110. The molecular weight excluding hydrogens is 350 g/mol. The van der Waals surface area contributed by atoms with Crippen molar-refractivity contribution >= 4 is 22.8 Å². The van der Waals surface area contributed by atoms with E-state index in [-0.39, 0.29) is 16.6 Å². The molecule has 2 aromatic heterocycles. The van der Waals surface area contributed by atoms with E-state index in [9.17, 15) is 19.5 Å². The van der Waals surface area contributed by atoms with Crippen LogP contribution in [0.2, 0.25) is 0 Å². The van der Waals surface area contributed by atoms with E-state index in [0.29, 0.717) is 16.6 Å². The molecule has 1 atom stereocenters. The number of carbonyl (C=O) groups excluding carboxylic acids is 1. The number of carboxylic acid groups (broad SMARTS) is 1. The summed E-state index contributed by atoms with van der Waals surface area (Å²) < 4.78 is 1.34. The summed E-state index contributed by atoms with van der Waals surface area (Å²) in [5.74, 6) is -2.45. The van der Waals surface area contributed by atoms with E-state index >= 15 is 0 Å². The van der Waals surface area contributed by atoms with Gasteiger partial charge in [0.2, 0.25) is 0 Å². The highest BCUT2D eigenvalue weighted by Gasteiger charge is 2.22. The first-order valence-electron chi connectivity index (χ1n) is 8.12. The van der Waals surface area contributed by atoms with E-state index in [4.69, 9.17) is 5.11 Å². The first kappa shape index (κ1) is 18.1. The number of nitrogens with one attached hydrogen (secondary N) is 1. The smallest absolute Gasteiger partial charge is 0.325 e. The third-order valence-electron chi connectivity index (χ3n) is 4.27. The molecule has 1 unspecified atom stereocenters. The molecule has 0 radical (unpaired) electrons. The minimum atomic E-state index is -1.21. The molecule has 0 aliphatic heterocycles. The number of pyridine rings is 2. The lowest BCUT2D eigenvalue weighted by Crippen LogP contribution is -2.38. The molecule has 0 aliphatic rings. The van der Waals surface area contributed by atoms with Gasteiger partial charge in [-0.05, 0) is 18.6 Å². The van der Waals surface area contributed by atoms with Gasteiger partial charge in [0.1, 0.15) is 6.04 Å². The van der Waals surface area contributed by atoms with E-state index in [1.165, 1.54) is 23.8 Å². The molecule has 1 aromatic carbocycles. The lowest BCUT2D eigenvalue weighted by Gasteiger charge is -2.13. The first-order valence-corrected chi connectivity index (χ1v) is 8.12. The van der Waals surface area contributed by atoms with E-state index in [1.54, 1.807) is 31.3 Å². The van der Waals surface area contributed by atoms with Gasteiger partial charge in [-0.2, -0.15) is 0 Å². The lowest BCUT2D eigenvalue weighted by molar-refractivity contribution is -0.138. The molecule has 138 valence electrons. The zero-order valence-electron chi connectivity index (χ0n) is 14.6. The van der Waals surface area contributed by atoms with Gasteiger partial charge in [0.25, 0.3) is 11.5 Å². The summed E-state index contributed by atoms with van der Waals surface area (Å²) in [5.41, 5.74) is 0.791. The second-order valence-electron chi connectivity index (χ2n) is 6.08. The van der Waals surface area contributed by atoms with Crippen molar-refractivity contribution in [2.45, 2.75) is 13.0 Å². The highest BCUT2D eigenvalue weighted by molar-refractivity contribution is 6.02. The van der Waals surface area contributed by atoms with Crippen molar-refractivity contribution in [3.8, 4) is 16.9 Å². The van der Waals surface area contributed by atoms with E-state index < -0.39 is 23.7 Å². The van der Waals surface area contributed by atoms with Crippen molar-refractivity contribution in [3.63, 3.8) is 0 Å². The molecule has 0 aliphatic carbocycles. The Morgan fingerprint density at radius 3 is 2.52 bits per heavy atom. The number of carbonyl (C=O) groups is 2. The van der Waals surface area contributed by atoms with Gasteiger partial charge in [0.15, 0.2) is 11.4 Å². The Morgan fingerprint density at radius 2 is 1.89 bits per heavy atom. The molecule has 0 bridgehead atoms. The van der Waals surface area contributed by atoms with Gasteiger partial charge in [-0.1, -0.05) is 30.3 Å².